The van der Waals surface area contributed by atoms with Crippen LogP contribution in [0, 0.1) is 0 Å². The van der Waals surface area contributed by atoms with Gasteiger partial charge in [-0.2, -0.15) is 0 Å². The number of ether oxygens (including phenoxy) is 1. The molecule has 0 amide bonds. The van der Waals surface area contributed by atoms with Crippen LogP contribution in [0.1, 0.15) is 37.4 Å². The quantitative estimate of drug-likeness (QED) is 0.850. The second kappa shape index (κ2) is 6.86. The summed E-state index contributed by atoms with van der Waals surface area (Å²) in [6.07, 6.45) is 1.19. The minimum absolute atomic E-state index is 0.471. The van der Waals surface area contributed by atoms with Gasteiger partial charge in [-0.25, -0.2) is 0 Å². The Morgan fingerprint density at radius 2 is 2.24 bits per heavy atom. The van der Waals surface area contributed by atoms with Crippen molar-refractivity contribution in [1.82, 2.24) is 5.32 Å². The van der Waals surface area contributed by atoms with E-state index < -0.39 is 0 Å². The molecule has 112 valence electrons. The van der Waals surface area contributed by atoms with Crippen molar-refractivity contribution in [3.8, 4) is 5.75 Å². The van der Waals surface area contributed by atoms with E-state index in [-0.39, 0.29) is 0 Å². The van der Waals surface area contributed by atoms with Gasteiger partial charge < -0.3 is 10.1 Å². The lowest BCUT2D eigenvalue weighted by molar-refractivity contribution is 0.339. The molecule has 21 heavy (non-hydrogen) atoms. The van der Waals surface area contributed by atoms with Gasteiger partial charge >= 0.3 is 0 Å². The van der Waals surface area contributed by atoms with Crippen LogP contribution in [0.2, 0.25) is 0 Å². The molecule has 1 aliphatic rings. The molecule has 0 saturated carbocycles. The Hall–Kier alpha value is -0.970. The van der Waals surface area contributed by atoms with Crippen molar-refractivity contribution in [1.29, 1.82) is 0 Å². The van der Waals surface area contributed by atoms with Crippen LogP contribution in [-0.2, 0) is 6.54 Å². The van der Waals surface area contributed by atoms with Gasteiger partial charge in [-0.05, 0) is 48.1 Å². The zero-order valence-electron chi connectivity index (χ0n) is 12.5. The Kier molecular flexibility index (Phi) is 4.88. The fraction of sp³-hybridized carbons (Fsp3) is 0.412. The van der Waals surface area contributed by atoms with E-state index in [4.69, 9.17) is 4.74 Å². The number of hydrogen-bond donors (Lipinski definition) is 1. The molecule has 2 heterocycles. The van der Waals surface area contributed by atoms with E-state index in [1.807, 2.05) is 36.1 Å². The van der Waals surface area contributed by atoms with Crippen LogP contribution in [0.4, 0.5) is 0 Å². The molecule has 1 aliphatic heterocycles. The van der Waals surface area contributed by atoms with E-state index in [0.29, 0.717) is 17.9 Å². The van der Waals surface area contributed by atoms with Crippen LogP contribution < -0.4 is 10.1 Å². The number of benzene rings is 1. The molecule has 1 unspecified atom stereocenters. The molecule has 1 aromatic heterocycles. The Bertz CT molecular complexity index is 596. The first-order valence-electron chi connectivity index (χ1n) is 7.45. The summed E-state index contributed by atoms with van der Waals surface area (Å²) in [6.45, 7) is 5.94. The van der Waals surface area contributed by atoms with E-state index in [1.54, 1.807) is 0 Å². The number of hydrogen-bond acceptors (Lipinski definition) is 4. The molecule has 1 N–H and O–H groups in total. The number of rotatable bonds is 5. The number of thioether (sulfide) groups is 1. The first kappa shape index (κ1) is 14.9. The van der Waals surface area contributed by atoms with Crippen molar-refractivity contribution in [3.05, 3.63) is 46.8 Å². The summed E-state index contributed by atoms with van der Waals surface area (Å²) >= 11 is 3.88. The van der Waals surface area contributed by atoms with Crippen LogP contribution in [0.25, 0.3) is 0 Å². The molecule has 0 bridgehead atoms. The summed E-state index contributed by atoms with van der Waals surface area (Å²) in [5, 5.41) is 6.61. The number of fused-ring (bicyclic) bond motifs is 1. The Morgan fingerprint density at radius 1 is 1.33 bits per heavy atom. The maximum Gasteiger partial charge on any atom is 0.119 e. The molecular weight excluding hydrogens is 298 g/mol. The van der Waals surface area contributed by atoms with Gasteiger partial charge in [0.1, 0.15) is 5.75 Å². The van der Waals surface area contributed by atoms with Crippen molar-refractivity contribution >= 4 is 23.1 Å². The first-order chi connectivity index (χ1) is 10.3. The van der Waals surface area contributed by atoms with Gasteiger partial charge in [-0.15, -0.1) is 23.1 Å². The van der Waals surface area contributed by atoms with Crippen molar-refractivity contribution in [2.75, 3.05) is 6.61 Å². The van der Waals surface area contributed by atoms with Crippen LogP contribution in [0.5, 0.6) is 5.75 Å². The Labute approximate surface area is 134 Å². The van der Waals surface area contributed by atoms with Gasteiger partial charge in [0.05, 0.1) is 10.8 Å². The van der Waals surface area contributed by atoms with Crippen molar-refractivity contribution in [3.63, 3.8) is 0 Å². The lowest BCUT2D eigenvalue weighted by Crippen LogP contribution is -2.26. The van der Waals surface area contributed by atoms with Crippen LogP contribution in [-0.4, -0.2) is 11.9 Å². The number of thiophene rings is 1. The van der Waals surface area contributed by atoms with Gasteiger partial charge in [0.15, 0.2) is 0 Å². The Morgan fingerprint density at radius 3 is 3.10 bits per heavy atom. The summed E-state index contributed by atoms with van der Waals surface area (Å²) in [4.78, 5) is 0. The smallest absolute Gasteiger partial charge is 0.119 e. The van der Waals surface area contributed by atoms with Gasteiger partial charge in [0.2, 0.25) is 0 Å². The highest BCUT2D eigenvalue weighted by molar-refractivity contribution is 8.01. The lowest BCUT2D eigenvalue weighted by atomic mass is 10.0. The van der Waals surface area contributed by atoms with Crippen molar-refractivity contribution < 1.29 is 4.74 Å². The summed E-state index contributed by atoms with van der Waals surface area (Å²) in [7, 11) is 0. The predicted octanol–water partition coefficient (Wildman–Crippen LogP) is 4.86. The maximum atomic E-state index is 5.57. The Balaban J connectivity index is 1.67. The van der Waals surface area contributed by atoms with Crippen molar-refractivity contribution in [2.24, 2.45) is 0 Å². The van der Waals surface area contributed by atoms with Gasteiger partial charge in [-0.1, -0.05) is 19.1 Å². The normalized spacial score (nSPS) is 21.0. The second-order valence-electron chi connectivity index (χ2n) is 5.34. The van der Waals surface area contributed by atoms with Crippen LogP contribution >= 0.6 is 23.1 Å². The zero-order valence-corrected chi connectivity index (χ0v) is 14.1. The average Bonchev–Trinajstić information content (AvgIpc) is 2.93. The monoisotopic (exact) mass is 319 g/mol. The van der Waals surface area contributed by atoms with Crippen LogP contribution in [0.3, 0.4) is 0 Å². The highest BCUT2D eigenvalue weighted by Crippen LogP contribution is 2.43. The zero-order chi connectivity index (χ0) is 14.7. The molecule has 2 atom stereocenters. The molecular formula is C17H21NOS2. The maximum absolute atomic E-state index is 5.57. The largest absolute Gasteiger partial charge is 0.494 e. The molecule has 3 rings (SSSR count). The van der Waals surface area contributed by atoms with E-state index in [0.717, 1.165) is 12.3 Å². The molecule has 4 heteroatoms. The molecule has 0 fully saturated rings. The topological polar surface area (TPSA) is 21.3 Å². The van der Waals surface area contributed by atoms with Crippen molar-refractivity contribution in [2.45, 2.75) is 42.3 Å². The third kappa shape index (κ3) is 3.62. The summed E-state index contributed by atoms with van der Waals surface area (Å²) in [6, 6.07) is 11.1. The van der Waals surface area contributed by atoms with E-state index in [2.05, 4.69) is 41.9 Å². The molecule has 0 spiro atoms. The molecule has 1 aromatic carbocycles. The van der Waals surface area contributed by atoms with E-state index >= 15 is 0 Å². The highest BCUT2D eigenvalue weighted by Gasteiger charge is 2.25. The molecule has 2 nitrogen and oxygen atoms in total. The van der Waals surface area contributed by atoms with E-state index in [9.17, 15) is 0 Å². The summed E-state index contributed by atoms with van der Waals surface area (Å²) in [5.41, 5.74) is 2.76. The first-order valence-corrected chi connectivity index (χ1v) is 9.21. The van der Waals surface area contributed by atoms with Gasteiger partial charge in [0, 0.05) is 17.8 Å². The van der Waals surface area contributed by atoms with E-state index in [1.165, 1.54) is 21.8 Å². The fourth-order valence-electron chi connectivity index (χ4n) is 2.70. The molecule has 0 radical (unpaired) electrons. The minimum atomic E-state index is 0.471. The summed E-state index contributed by atoms with van der Waals surface area (Å²) in [5.74, 6) is 0.959. The highest BCUT2D eigenvalue weighted by atomic mass is 32.2. The van der Waals surface area contributed by atoms with Gasteiger partial charge in [-0.3, -0.25) is 0 Å². The molecule has 2 aromatic rings. The predicted molar refractivity (Wildman–Crippen MR) is 91.4 cm³/mol. The minimum Gasteiger partial charge on any atom is -0.494 e. The number of nitrogens with one attached hydrogen (secondary N) is 1. The van der Waals surface area contributed by atoms with Crippen LogP contribution in [0.15, 0.2) is 39.9 Å². The third-order valence-electron chi connectivity index (χ3n) is 3.67. The SMILES string of the molecule is CCOc1cccc(CNC2C[C@H](C)Sc3sccc32)c1. The molecule has 0 saturated heterocycles. The summed E-state index contributed by atoms with van der Waals surface area (Å²) < 4.78 is 7.05. The third-order valence-corrected chi connectivity index (χ3v) is 6.02. The van der Waals surface area contributed by atoms with Gasteiger partial charge in [0.25, 0.3) is 0 Å². The standard InChI is InChI=1S/C17H21NOS2/c1-3-19-14-6-4-5-13(10-14)11-18-16-9-12(2)21-17-15(16)7-8-20-17/h4-8,10,12,16,18H,3,9,11H2,1-2H3/t12-,16?/m0/s1. The fourth-order valence-corrected chi connectivity index (χ4v) is 5.26. The second-order valence-corrected chi connectivity index (χ2v) is 7.96. The lowest BCUT2D eigenvalue weighted by Gasteiger charge is -2.27. The molecule has 0 aliphatic carbocycles. The average molecular weight is 319 g/mol.